The highest BCUT2D eigenvalue weighted by Gasteiger charge is 2.20. The Morgan fingerprint density at radius 2 is 2.09 bits per heavy atom. The van der Waals surface area contributed by atoms with E-state index in [1.165, 1.54) is 37.4 Å². The van der Waals surface area contributed by atoms with Gasteiger partial charge >= 0.3 is 0 Å². The van der Waals surface area contributed by atoms with Gasteiger partial charge in [-0.15, -0.1) is 0 Å². The fourth-order valence-electron chi connectivity index (χ4n) is 1.95. The maximum Gasteiger partial charge on any atom is 0.260 e. The highest BCUT2D eigenvalue weighted by atomic mass is 32.1. The minimum Gasteiger partial charge on any atom is -0.733 e. The van der Waals surface area contributed by atoms with E-state index in [2.05, 4.69) is 10.6 Å². The lowest BCUT2D eigenvalue weighted by atomic mass is 10.1. The second-order valence-electron chi connectivity index (χ2n) is 4.80. The Morgan fingerprint density at radius 3 is 2.57 bits per heavy atom. The summed E-state index contributed by atoms with van der Waals surface area (Å²) in [5.41, 5.74) is 0.376. The Kier molecular flexibility index (Phi) is 5.27. The Bertz CT molecular complexity index is 657. The highest BCUT2D eigenvalue weighted by Crippen LogP contribution is 2.17. The molecule has 122 valence electrons. The highest BCUT2D eigenvalue weighted by molar-refractivity contribution is 7.80. The van der Waals surface area contributed by atoms with Crippen LogP contribution in [0.2, 0.25) is 0 Å². The van der Waals surface area contributed by atoms with Crippen LogP contribution in [0.3, 0.4) is 0 Å². The van der Waals surface area contributed by atoms with Crippen molar-refractivity contribution in [1.29, 1.82) is 0 Å². The van der Waals surface area contributed by atoms with Crippen LogP contribution in [-0.4, -0.2) is 40.0 Å². The maximum atomic E-state index is 12.3. The molecule has 3 N–H and O–H groups in total. The van der Waals surface area contributed by atoms with Gasteiger partial charge in [0.1, 0.15) is 0 Å². The molecule has 2 rings (SSSR count). The maximum absolute atomic E-state index is 12.3. The molecule has 1 aliphatic rings. The molecule has 1 amide bonds. The molecule has 1 aliphatic heterocycles. The summed E-state index contributed by atoms with van der Waals surface area (Å²) >= 11 is 5.07. The van der Waals surface area contributed by atoms with Gasteiger partial charge in [0.2, 0.25) is 0 Å². The minimum absolute atomic E-state index is 0.0267. The summed E-state index contributed by atoms with van der Waals surface area (Å²) in [6.07, 6.45) is 1.42. The second-order valence-corrected chi connectivity index (χ2v) is 5.18. The lowest BCUT2D eigenvalue weighted by Crippen LogP contribution is -2.27. The van der Waals surface area contributed by atoms with Crippen LogP contribution in [0.15, 0.2) is 36.0 Å². The standard InChI is InChI=1S/C14H15N4O4S/c1-9(19)12(8-17-7-6-15-14(17)23)13(20)16-10-2-4-11(5-3-10)18(21)22/h2-5,8,21H,6-7H2,1H3,(H,15,23)(H,16,20)/q-1/b12-8+. The van der Waals surface area contributed by atoms with E-state index in [-0.39, 0.29) is 16.5 Å². The monoisotopic (exact) mass is 335 g/mol. The Hall–Kier alpha value is -2.49. The van der Waals surface area contributed by atoms with Gasteiger partial charge < -0.3 is 26.0 Å². The van der Waals surface area contributed by atoms with Crippen molar-refractivity contribution >= 4 is 40.4 Å². The fraction of sp³-hybridized carbons (Fsp3) is 0.214. The molecule has 1 saturated heterocycles. The number of hydrogen-bond donors (Lipinski definition) is 3. The van der Waals surface area contributed by atoms with Crippen LogP contribution < -0.4 is 15.9 Å². The van der Waals surface area contributed by atoms with Crippen LogP contribution in [0, 0.1) is 5.21 Å². The molecule has 1 heterocycles. The first-order chi connectivity index (χ1) is 10.9. The quantitative estimate of drug-likeness (QED) is 0.240. The Labute approximate surface area is 137 Å². The van der Waals surface area contributed by atoms with E-state index in [1.807, 2.05) is 0 Å². The number of benzene rings is 1. The Balaban J connectivity index is 2.13. The summed E-state index contributed by atoms with van der Waals surface area (Å²) in [5.74, 6) is -0.974. The molecule has 0 aromatic heterocycles. The molecule has 0 spiro atoms. The van der Waals surface area contributed by atoms with E-state index in [1.54, 1.807) is 4.90 Å². The molecule has 0 unspecified atom stereocenters. The zero-order chi connectivity index (χ0) is 17.0. The van der Waals surface area contributed by atoms with Crippen LogP contribution in [0.4, 0.5) is 11.4 Å². The van der Waals surface area contributed by atoms with Crippen molar-refractivity contribution in [3.8, 4) is 0 Å². The normalized spacial score (nSPS) is 14.5. The number of rotatable bonds is 5. The van der Waals surface area contributed by atoms with E-state index >= 15 is 0 Å². The van der Waals surface area contributed by atoms with Crippen molar-refractivity contribution in [3.05, 3.63) is 41.2 Å². The first-order valence-corrected chi connectivity index (χ1v) is 7.14. The summed E-state index contributed by atoms with van der Waals surface area (Å²) in [6.45, 7) is 2.52. The number of nitrogens with zero attached hydrogens (tertiary/aromatic N) is 2. The summed E-state index contributed by atoms with van der Waals surface area (Å²) in [7, 11) is 0. The largest absolute Gasteiger partial charge is 0.733 e. The summed E-state index contributed by atoms with van der Waals surface area (Å²) < 4.78 is 0. The van der Waals surface area contributed by atoms with E-state index in [0.29, 0.717) is 23.9 Å². The predicted molar refractivity (Wildman–Crippen MR) is 88.8 cm³/mol. The third-order valence-corrected chi connectivity index (χ3v) is 3.52. The fourth-order valence-corrected chi connectivity index (χ4v) is 2.19. The molecule has 0 aliphatic carbocycles. The van der Waals surface area contributed by atoms with Crippen molar-refractivity contribution < 1.29 is 14.8 Å². The SMILES string of the molecule is CC(=O)/C(=C\N1CCNC1=S)C(=O)Nc1ccc(N([O-])O)cc1. The predicted octanol–water partition coefficient (Wildman–Crippen LogP) is 0.981. The topological polar surface area (TPSA) is 108 Å². The van der Waals surface area contributed by atoms with Gasteiger partial charge in [0.15, 0.2) is 10.9 Å². The van der Waals surface area contributed by atoms with Gasteiger partial charge in [0.05, 0.1) is 11.3 Å². The Morgan fingerprint density at radius 1 is 1.43 bits per heavy atom. The van der Waals surface area contributed by atoms with E-state index < -0.39 is 11.7 Å². The summed E-state index contributed by atoms with van der Waals surface area (Å²) in [6, 6.07) is 5.54. The van der Waals surface area contributed by atoms with Crippen LogP contribution in [0.5, 0.6) is 0 Å². The third kappa shape index (κ3) is 4.25. The van der Waals surface area contributed by atoms with Crippen LogP contribution >= 0.6 is 12.2 Å². The van der Waals surface area contributed by atoms with Gasteiger partial charge in [0.25, 0.3) is 5.91 Å². The van der Waals surface area contributed by atoms with Gasteiger partial charge in [-0.3, -0.25) is 14.8 Å². The number of carbonyl (C=O) groups is 2. The van der Waals surface area contributed by atoms with Crippen molar-refractivity contribution in [3.63, 3.8) is 0 Å². The number of amides is 1. The van der Waals surface area contributed by atoms with Crippen LogP contribution in [0.1, 0.15) is 6.92 Å². The molecule has 23 heavy (non-hydrogen) atoms. The van der Waals surface area contributed by atoms with Crippen molar-refractivity contribution in [1.82, 2.24) is 10.2 Å². The number of Topliss-reactive ketones (excluding diaryl/α,β-unsaturated/α-hetero) is 1. The summed E-state index contributed by atoms with van der Waals surface area (Å²) in [5, 5.41) is 25.1. The number of carbonyl (C=O) groups excluding carboxylic acids is 2. The lowest BCUT2D eigenvalue weighted by molar-refractivity contribution is -0.119. The molecule has 0 atom stereocenters. The van der Waals surface area contributed by atoms with E-state index in [4.69, 9.17) is 17.4 Å². The first-order valence-electron chi connectivity index (χ1n) is 6.73. The average Bonchev–Trinajstić information content (AvgIpc) is 2.90. The molecule has 0 radical (unpaired) electrons. The van der Waals surface area contributed by atoms with Gasteiger partial charge in [-0.25, -0.2) is 0 Å². The van der Waals surface area contributed by atoms with Crippen molar-refractivity contribution in [2.75, 3.05) is 23.6 Å². The average molecular weight is 335 g/mol. The van der Waals surface area contributed by atoms with Crippen molar-refractivity contribution in [2.45, 2.75) is 6.92 Å². The second kappa shape index (κ2) is 7.18. The lowest BCUT2D eigenvalue weighted by Gasteiger charge is -2.21. The van der Waals surface area contributed by atoms with E-state index in [9.17, 15) is 14.8 Å². The minimum atomic E-state index is -0.581. The number of nitrogens with one attached hydrogen (secondary N) is 2. The first kappa shape index (κ1) is 16.9. The number of thiocarbonyl (C=S) groups is 1. The number of hydrogen-bond acceptors (Lipinski definition) is 6. The molecule has 0 bridgehead atoms. The number of ketones is 1. The molecule has 1 aromatic carbocycles. The third-order valence-electron chi connectivity index (χ3n) is 3.14. The zero-order valence-electron chi connectivity index (χ0n) is 12.3. The zero-order valence-corrected chi connectivity index (χ0v) is 13.1. The van der Waals surface area contributed by atoms with Gasteiger partial charge in [-0.1, -0.05) is 0 Å². The van der Waals surface area contributed by atoms with Gasteiger partial charge in [-0.05, 0) is 43.4 Å². The van der Waals surface area contributed by atoms with Gasteiger partial charge in [-0.2, -0.15) is 0 Å². The van der Waals surface area contributed by atoms with Gasteiger partial charge in [0, 0.05) is 25.0 Å². The smallest absolute Gasteiger partial charge is 0.260 e. The summed E-state index contributed by atoms with van der Waals surface area (Å²) in [4.78, 5) is 25.6. The molecule has 1 aromatic rings. The van der Waals surface area contributed by atoms with Crippen LogP contribution in [-0.2, 0) is 9.59 Å². The molecule has 0 saturated carbocycles. The molecule has 8 nitrogen and oxygen atoms in total. The molecular weight excluding hydrogens is 320 g/mol. The van der Waals surface area contributed by atoms with E-state index in [0.717, 1.165) is 0 Å². The van der Waals surface area contributed by atoms with Crippen molar-refractivity contribution in [2.24, 2.45) is 0 Å². The molecular formula is C14H15N4O4S-. The number of anilines is 2. The molecule has 1 fully saturated rings. The van der Waals surface area contributed by atoms with Crippen LogP contribution in [0.25, 0.3) is 0 Å². The molecule has 9 heteroatoms.